The van der Waals surface area contributed by atoms with Crippen molar-refractivity contribution in [3.8, 4) is 11.5 Å². The molecule has 5 heteroatoms. The lowest BCUT2D eigenvalue weighted by Crippen LogP contribution is -2.07. The molecule has 0 bridgehead atoms. The maximum absolute atomic E-state index is 5.72. The van der Waals surface area contributed by atoms with Gasteiger partial charge in [0.2, 0.25) is 0 Å². The number of methoxy groups -OCH3 is 1. The van der Waals surface area contributed by atoms with Crippen molar-refractivity contribution in [1.82, 2.24) is 9.78 Å². The summed E-state index contributed by atoms with van der Waals surface area (Å²) in [6.45, 7) is 6.70. The van der Waals surface area contributed by atoms with Gasteiger partial charge in [0.15, 0.2) is 11.5 Å². The number of nitrogens with zero attached hydrogens (tertiary/aromatic N) is 2. The molecule has 114 valence electrons. The van der Waals surface area contributed by atoms with E-state index in [1.807, 2.05) is 52.2 Å². The first-order chi connectivity index (χ1) is 9.99. The molecule has 1 aromatic carbocycles. The Morgan fingerprint density at radius 2 is 2.05 bits per heavy atom. The van der Waals surface area contributed by atoms with Gasteiger partial charge in [-0.1, -0.05) is 6.07 Å². The van der Waals surface area contributed by atoms with E-state index in [9.17, 15) is 0 Å². The second-order valence-electron chi connectivity index (χ2n) is 5.31. The molecule has 0 saturated heterocycles. The topological polar surface area (TPSA) is 48.3 Å². The Morgan fingerprint density at radius 1 is 1.29 bits per heavy atom. The van der Waals surface area contributed by atoms with Gasteiger partial charge in [-0.2, -0.15) is 5.10 Å². The van der Waals surface area contributed by atoms with E-state index < -0.39 is 0 Å². The third-order valence-electron chi connectivity index (χ3n) is 3.09. The predicted molar refractivity (Wildman–Crippen MR) is 84.0 cm³/mol. The summed E-state index contributed by atoms with van der Waals surface area (Å²) < 4.78 is 12.9. The van der Waals surface area contributed by atoms with Crippen LogP contribution in [-0.2, 0) is 13.6 Å². The molecule has 0 amide bonds. The average Bonchev–Trinajstić information content (AvgIpc) is 2.75. The van der Waals surface area contributed by atoms with Crippen molar-refractivity contribution in [2.24, 2.45) is 7.05 Å². The van der Waals surface area contributed by atoms with E-state index in [1.54, 1.807) is 11.8 Å². The molecule has 0 aliphatic rings. The molecule has 2 rings (SSSR count). The van der Waals surface area contributed by atoms with Gasteiger partial charge in [0.1, 0.15) is 0 Å². The molecule has 5 nitrogen and oxygen atoms in total. The van der Waals surface area contributed by atoms with E-state index >= 15 is 0 Å². The van der Waals surface area contributed by atoms with Gasteiger partial charge in [0, 0.05) is 19.8 Å². The molecule has 0 atom stereocenters. The summed E-state index contributed by atoms with van der Waals surface area (Å²) >= 11 is 0. The van der Waals surface area contributed by atoms with Crippen molar-refractivity contribution in [3.63, 3.8) is 0 Å². The lowest BCUT2D eigenvalue weighted by atomic mass is 10.2. The summed E-state index contributed by atoms with van der Waals surface area (Å²) in [6.07, 6.45) is 2.10. The normalized spacial score (nSPS) is 10.8. The maximum Gasteiger partial charge on any atom is 0.161 e. The second-order valence-corrected chi connectivity index (χ2v) is 5.31. The molecule has 21 heavy (non-hydrogen) atoms. The van der Waals surface area contributed by atoms with E-state index in [-0.39, 0.29) is 6.10 Å². The first-order valence-corrected chi connectivity index (χ1v) is 7.07. The fourth-order valence-electron chi connectivity index (χ4n) is 2.14. The summed E-state index contributed by atoms with van der Waals surface area (Å²) in [5, 5.41) is 7.70. The molecule has 0 radical (unpaired) electrons. The highest BCUT2D eigenvalue weighted by Crippen LogP contribution is 2.29. The van der Waals surface area contributed by atoms with Crippen molar-refractivity contribution in [3.05, 3.63) is 35.7 Å². The molecule has 0 spiro atoms. The largest absolute Gasteiger partial charge is 0.493 e. The maximum atomic E-state index is 5.72. The zero-order chi connectivity index (χ0) is 15.4. The van der Waals surface area contributed by atoms with Crippen LogP contribution in [0.25, 0.3) is 0 Å². The smallest absolute Gasteiger partial charge is 0.161 e. The molecule has 1 aromatic heterocycles. The molecule has 0 fully saturated rings. The highest BCUT2D eigenvalue weighted by Gasteiger charge is 2.08. The standard InChI is InChI=1S/C16H23N3O2/c1-11(2)21-15-7-6-13(8-16(15)20-5)9-17-14-10-19(4)18-12(14)3/h6-8,10-11,17H,9H2,1-5H3. The number of aryl methyl sites for hydroxylation is 2. The van der Waals surface area contributed by atoms with Gasteiger partial charge in [-0.05, 0) is 38.5 Å². The minimum atomic E-state index is 0.126. The van der Waals surface area contributed by atoms with Crippen molar-refractivity contribution in [1.29, 1.82) is 0 Å². The minimum absolute atomic E-state index is 0.126. The Kier molecular flexibility index (Phi) is 4.73. The van der Waals surface area contributed by atoms with Crippen molar-refractivity contribution in [2.45, 2.75) is 33.4 Å². The Hall–Kier alpha value is -2.17. The zero-order valence-corrected chi connectivity index (χ0v) is 13.3. The number of rotatable bonds is 6. The first kappa shape index (κ1) is 15.2. The number of aromatic nitrogens is 2. The van der Waals surface area contributed by atoms with Crippen LogP contribution in [0.4, 0.5) is 5.69 Å². The quantitative estimate of drug-likeness (QED) is 0.887. The first-order valence-electron chi connectivity index (χ1n) is 7.07. The lowest BCUT2D eigenvalue weighted by molar-refractivity contribution is 0.230. The monoisotopic (exact) mass is 289 g/mol. The molecule has 0 saturated carbocycles. The summed E-state index contributed by atoms with van der Waals surface area (Å²) in [7, 11) is 3.57. The molecule has 0 unspecified atom stereocenters. The number of hydrogen-bond donors (Lipinski definition) is 1. The van der Waals surface area contributed by atoms with E-state index in [4.69, 9.17) is 9.47 Å². The van der Waals surface area contributed by atoms with Gasteiger partial charge < -0.3 is 14.8 Å². The van der Waals surface area contributed by atoms with Gasteiger partial charge in [-0.3, -0.25) is 4.68 Å². The minimum Gasteiger partial charge on any atom is -0.493 e. The number of hydrogen-bond acceptors (Lipinski definition) is 4. The van der Waals surface area contributed by atoms with E-state index in [1.165, 1.54) is 0 Å². The Bertz CT molecular complexity index is 606. The van der Waals surface area contributed by atoms with Crippen molar-refractivity contribution < 1.29 is 9.47 Å². The lowest BCUT2D eigenvalue weighted by Gasteiger charge is -2.14. The number of ether oxygens (including phenoxy) is 2. The van der Waals surface area contributed by atoms with Crippen LogP contribution >= 0.6 is 0 Å². The molecule has 0 aliphatic heterocycles. The van der Waals surface area contributed by atoms with Crippen LogP contribution in [0, 0.1) is 6.92 Å². The van der Waals surface area contributed by atoms with Crippen LogP contribution in [0.1, 0.15) is 25.1 Å². The predicted octanol–water partition coefficient (Wildman–Crippen LogP) is 3.14. The van der Waals surface area contributed by atoms with Gasteiger partial charge in [0.25, 0.3) is 0 Å². The van der Waals surface area contributed by atoms with Crippen LogP contribution in [0.3, 0.4) is 0 Å². The molecular formula is C16H23N3O2. The van der Waals surface area contributed by atoms with E-state index in [0.717, 1.165) is 28.4 Å². The van der Waals surface area contributed by atoms with Gasteiger partial charge in [-0.15, -0.1) is 0 Å². The molecule has 1 N–H and O–H groups in total. The fraction of sp³-hybridized carbons (Fsp3) is 0.438. The number of nitrogens with one attached hydrogen (secondary N) is 1. The van der Waals surface area contributed by atoms with Crippen LogP contribution in [-0.4, -0.2) is 23.0 Å². The van der Waals surface area contributed by atoms with Crippen molar-refractivity contribution in [2.75, 3.05) is 12.4 Å². The summed E-state index contributed by atoms with van der Waals surface area (Å²) in [5.74, 6) is 1.53. The van der Waals surface area contributed by atoms with Crippen LogP contribution < -0.4 is 14.8 Å². The van der Waals surface area contributed by atoms with Gasteiger partial charge >= 0.3 is 0 Å². The number of benzene rings is 1. The average molecular weight is 289 g/mol. The van der Waals surface area contributed by atoms with Crippen LogP contribution in [0.2, 0.25) is 0 Å². The summed E-state index contributed by atoms with van der Waals surface area (Å²) in [5.41, 5.74) is 3.16. The second kappa shape index (κ2) is 6.52. The zero-order valence-electron chi connectivity index (χ0n) is 13.3. The third-order valence-corrected chi connectivity index (χ3v) is 3.09. The highest BCUT2D eigenvalue weighted by atomic mass is 16.5. The highest BCUT2D eigenvalue weighted by molar-refractivity contribution is 5.48. The van der Waals surface area contributed by atoms with Gasteiger partial charge in [-0.25, -0.2) is 0 Å². The molecule has 2 aromatic rings. The van der Waals surface area contributed by atoms with E-state index in [2.05, 4.69) is 10.4 Å². The third kappa shape index (κ3) is 3.90. The Labute approximate surface area is 125 Å². The molecule has 0 aliphatic carbocycles. The molecule has 1 heterocycles. The number of anilines is 1. The SMILES string of the molecule is COc1cc(CNc2cn(C)nc2C)ccc1OC(C)C. The summed E-state index contributed by atoms with van der Waals surface area (Å²) in [6, 6.07) is 5.99. The van der Waals surface area contributed by atoms with E-state index in [0.29, 0.717) is 6.54 Å². The summed E-state index contributed by atoms with van der Waals surface area (Å²) in [4.78, 5) is 0. The fourth-order valence-corrected chi connectivity index (χ4v) is 2.14. The van der Waals surface area contributed by atoms with Crippen LogP contribution in [0.15, 0.2) is 24.4 Å². The Morgan fingerprint density at radius 3 is 2.62 bits per heavy atom. The molecular weight excluding hydrogens is 266 g/mol. The van der Waals surface area contributed by atoms with Crippen molar-refractivity contribution >= 4 is 5.69 Å². The Balaban J connectivity index is 2.08. The van der Waals surface area contributed by atoms with Gasteiger partial charge in [0.05, 0.1) is 24.6 Å². The van der Waals surface area contributed by atoms with Crippen LogP contribution in [0.5, 0.6) is 11.5 Å².